The van der Waals surface area contributed by atoms with Gasteiger partial charge in [-0.1, -0.05) is 13.0 Å². The molecule has 0 amide bonds. The molecular formula is C11H18N2. The van der Waals surface area contributed by atoms with Crippen molar-refractivity contribution in [3.05, 3.63) is 29.6 Å². The van der Waals surface area contributed by atoms with Gasteiger partial charge in [0.25, 0.3) is 0 Å². The number of aryl methyl sites for hydroxylation is 1. The predicted molar refractivity (Wildman–Crippen MR) is 55.9 cm³/mol. The topological polar surface area (TPSA) is 24.9 Å². The minimum Gasteiger partial charge on any atom is -0.320 e. The van der Waals surface area contributed by atoms with Crippen molar-refractivity contribution in [1.82, 2.24) is 10.3 Å². The number of nitrogens with zero attached hydrogens (tertiary/aromatic N) is 1. The molecule has 0 spiro atoms. The van der Waals surface area contributed by atoms with Crippen LogP contribution in [0.4, 0.5) is 0 Å². The highest BCUT2D eigenvalue weighted by molar-refractivity contribution is 5.13. The fraction of sp³-hybridized carbons (Fsp3) is 0.545. The van der Waals surface area contributed by atoms with Crippen molar-refractivity contribution in [3.8, 4) is 0 Å². The largest absolute Gasteiger partial charge is 0.320 e. The summed E-state index contributed by atoms with van der Waals surface area (Å²) in [5, 5.41) is 3.16. The molecule has 0 aliphatic carbocycles. The second-order valence-electron chi connectivity index (χ2n) is 3.50. The zero-order valence-corrected chi connectivity index (χ0v) is 8.67. The Kier molecular flexibility index (Phi) is 3.90. The van der Waals surface area contributed by atoms with Crippen molar-refractivity contribution >= 4 is 0 Å². The highest BCUT2D eigenvalue weighted by Crippen LogP contribution is 2.15. The van der Waals surface area contributed by atoms with E-state index in [4.69, 9.17) is 0 Å². The number of rotatable bonds is 4. The van der Waals surface area contributed by atoms with Gasteiger partial charge in [0.2, 0.25) is 0 Å². The van der Waals surface area contributed by atoms with Crippen LogP contribution in [0.1, 0.15) is 30.7 Å². The molecule has 72 valence electrons. The molecule has 0 aliphatic heterocycles. The number of aromatic nitrogens is 1. The number of pyridine rings is 1. The Morgan fingerprint density at radius 3 is 2.85 bits per heavy atom. The molecule has 1 aromatic rings. The second-order valence-corrected chi connectivity index (χ2v) is 3.50. The zero-order valence-electron chi connectivity index (χ0n) is 8.67. The lowest BCUT2D eigenvalue weighted by Gasteiger charge is -2.10. The van der Waals surface area contributed by atoms with E-state index in [1.807, 2.05) is 20.0 Å². The first-order valence-corrected chi connectivity index (χ1v) is 4.82. The van der Waals surface area contributed by atoms with Crippen LogP contribution in [-0.2, 0) is 0 Å². The summed E-state index contributed by atoms with van der Waals surface area (Å²) in [7, 11) is 1.98. The number of hydrogen-bond acceptors (Lipinski definition) is 2. The lowest BCUT2D eigenvalue weighted by Crippen LogP contribution is -2.11. The molecule has 2 heteroatoms. The van der Waals surface area contributed by atoms with Crippen LogP contribution in [-0.4, -0.2) is 18.6 Å². The van der Waals surface area contributed by atoms with Crippen molar-refractivity contribution in [2.45, 2.75) is 26.2 Å². The van der Waals surface area contributed by atoms with Crippen molar-refractivity contribution in [2.24, 2.45) is 0 Å². The summed E-state index contributed by atoms with van der Waals surface area (Å²) in [5.41, 5.74) is 2.31. The molecule has 0 saturated heterocycles. The van der Waals surface area contributed by atoms with Crippen molar-refractivity contribution in [2.75, 3.05) is 13.6 Å². The predicted octanol–water partition coefficient (Wildman–Crippen LogP) is 2.10. The van der Waals surface area contributed by atoms with E-state index in [2.05, 4.69) is 29.4 Å². The Hall–Kier alpha value is -0.890. The molecule has 1 unspecified atom stereocenters. The minimum absolute atomic E-state index is 0.548. The van der Waals surface area contributed by atoms with Crippen LogP contribution >= 0.6 is 0 Å². The summed E-state index contributed by atoms with van der Waals surface area (Å²) >= 11 is 0. The van der Waals surface area contributed by atoms with Gasteiger partial charge in [-0.2, -0.15) is 0 Å². The quantitative estimate of drug-likeness (QED) is 0.763. The van der Waals surface area contributed by atoms with Crippen LogP contribution in [0.2, 0.25) is 0 Å². The molecule has 1 heterocycles. The fourth-order valence-electron chi connectivity index (χ4n) is 1.35. The monoisotopic (exact) mass is 178 g/mol. The molecule has 1 aromatic heterocycles. The molecule has 0 aliphatic rings. The fourth-order valence-corrected chi connectivity index (χ4v) is 1.35. The van der Waals surface area contributed by atoms with Gasteiger partial charge in [0.1, 0.15) is 0 Å². The van der Waals surface area contributed by atoms with E-state index in [0.29, 0.717) is 5.92 Å². The van der Waals surface area contributed by atoms with Gasteiger partial charge in [0.05, 0.1) is 0 Å². The average molecular weight is 178 g/mol. The molecule has 1 atom stereocenters. The van der Waals surface area contributed by atoms with Gasteiger partial charge in [-0.3, -0.25) is 4.98 Å². The Labute approximate surface area is 80.4 Å². The van der Waals surface area contributed by atoms with Crippen molar-refractivity contribution in [1.29, 1.82) is 0 Å². The maximum atomic E-state index is 4.50. The van der Waals surface area contributed by atoms with Crippen LogP contribution in [0.3, 0.4) is 0 Å². The molecule has 0 fully saturated rings. The summed E-state index contributed by atoms with van der Waals surface area (Å²) < 4.78 is 0. The van der Waals surface area contributed by atoms with Gasteiger partial charge in [-0.25, -0.2) is 0 Å². The SMILES string of the molecule is CNCCC(C)c1cccc(C)n1. The summed E-state index contributed by atoms with van der Waals surface area (Å²) in [6, 6.07) is 6.22. The van der Waals surface area contributed by atoms with E-state index >= 15 is 0 Å². The molecule has 2 nitrogen and oxygen atoms in total. The third-order valence-corrected chi connectivity index (χ3v) is 2.24. The van der Waals surface area contributed by atoms with Gasteiger partial charge < -0.3 is 5.32 Å². The smallest absolute Gasteiger partial charge is 0.0435 e. The summed E-state index contributed by atoms with van der Waals surface area (Å²) in [4.78, 5) is 4.50. The van der Waals surface area contributed by atoms with Crippen molar-refractivity contribution in [3.63, 3.8) is 0 Å². The van der Waals surface area contributed by atoms with E-state index in [1.165, 1.54) is 5.69 Å². The highest BCUT2D eigenvalue weighted by Gasteiger charge is 2.05. The van der Waals surface area contributed by atoms with Crippen LogP contribution in [0.5, 0.6) is 0 Å². The van der Waals surface area contributed by atoms with E-state index in [0.717, 1.165) is 18.7 Å². The normalized spacial score (nSPS) is 12.8. The average Bonchev–Trinajstić information content (AvgIpc) is 2.14. The van der Waals surface area contributed by atoms with Gasteiger partial charge in [-0.15, -0.1) is 0 Å². The lowest BCUT2D eigenvalue weighted by molar-refractivity contribution is 0.622. The first-order chi connectivity index (χ1) is 6.24. The third kappa shape index (κ3) is 3.15. The first-order valence-electron chi connectivity index (χ1n) is 4.82. The molecule has 0 saturated carbocycles. The van der Waals surface area contributed by atoms with Crippen LogP contribution in [0, 0.1) is 6.92 Å². The van der Waals surface area contributed by atoms with Gasteiger partial charge >= 0.3 is 0 Å². The van der Waals surface area contributed by atoms with E-state index in [1.54, 1.807) is 0 Å². The van der Waals surface area contributed by atoms with Crippen molar-refractivity contribution < 1.29 is 0 Å². The van der Waals surface area contributed by atoms with Gasteiger partial charge in [0.15, 0.2) is 0 Å². The lowest BCUT2D eigenvalue weighted by atomic mass is 10.0. The van der Waals surface area contributed by atoms with E-state index in [-0.39, 0.29) is 0 Å². The molecular weight excluding hydrogens is 160 g/mol. The highest BCUT2D eigenvalue weighted by atomic mass is 14.8. The van der Waals surface area contributed by atoms with Crippen LogP contribution in [0.15, 0.2) is 18.2 Å². The Balaban J connectivity index is 2.60. The Bertz CT molecular complexity index is 258. The first kappa shape index (κ1) is 10.2. The van der Waals surface area contributed by atoms with E-state index < -0.39 is 0 Å². The summed E-state index contributed by atoms with van der Waals surface area (Å²) in [6.07, 6.45) is 1.15. The van der Waals surface area contributed by atoms with Crippen LogP contribution < -0.4 is 5.32 Å². The molecule has 0 radical (unpaired) electrons. The summed E-state index contributed by atoms with van der Waals surface area (Å²) in [6.45, 7) is 5.31. The maximum absolute atomic E-state index is 4.50. The standard InChI is InChI=1S/C11H18N2/c1-9(7-8-12-3)11-6-4-5-10(2)13-11/h4-6,9,12H,7-8H2,1-3H3. The molecule has 1 N–H and O–H groups in total. The van der Waals surface area contributed by atoms with Gasteiger partial charge in [-0.05, 0) is 45.0 Å². The summed E-state index contributed by atoms with van der Waals surface area (Å²) in [5.74, 6) is 0.548. The molecule has 0 aromatic carbocycles. The number of nitrogens with one attached hydrogen (secondary N) is 1. The minimum atomic E-state index is 0.548. The third-order valence-electron chi connectivity index (χ3n) is 2.24. The zero-order chi connectivity index (χ0) is 9.68. The maximum Gasteiger partial charge on any atom is 0.0435 e. The van der Waals surface area contributed by atoms with E-state index in [9.17, 15) is 0 Å². The Morgan fingerprint density at radius 2 is 2.23 bits per heavy atom. The molecule has 13 heavy (non-hydrogen) atoms. The van der Waals surface area contributed by atoms with Gasteiger partial charge in [0, 0.05) is 11.4 Å². The molecule has 0 bridgehead atoms. The second kappa shape index (κ2) is 4.97. The number of hydrogen-bond donors (Lipinski definition) is 1. The molecule has 1 rings (SSSR count). The van der Waals surface area contributed by atoms with Crippen LogP contribution in [0.25, 0.3) is 0 Å². The Morgan fingerprint density at radius 1 is 1.46 bits per heavy atom.